The number of carbonyl (C=O) groups is 2. The van der Waals surface area contributed by atoms with Gasteiger partial charge in [-0.25, -0.2) is 4.98 Å². The highest BCUT2D eigenvalue weighted by Crippen LogP contribution is 2.16. The predicted molar refractivity (Wildman–Crippen MR) is 90.8 cm³/mol. The average Bonchev–Trinajstić information content (AvgIpc) is 3.03. The van der Waals surface area contributed by atoms with Crippen molar-refractivity contribution < 1.29 is 19.4 Å². The van der Waals surface area contributed by atoms with Crippen LogP contribution in [0, 0.1) is 5.92 Å². The summed E-state index contributed by atoms with van der Waals surface area (Å²) >= 11 is 1.35. The monoisotopic (exact) mass is 348 g/mol. The van der Waals surface area contributed by atoms with Crippen LogP contribution in [0.1, 0.15) is 28.0 Å². The maximum Gasteiger partial charge on any atom is 0.308 e. The third kappa shape index (κ3) is 4.87. The second kappa shape index (κ2) is 8.56. The molecule has 0 saturated heterocycles. The maximum atomic E-state index is 12.8. The first-order chi connectivity index (χ1) is 11.5. The van der Waals surface area contributed by atoms with E-state index in [2.05, 4.69) is 4.98 Å². The van der Waals surface area contributed by atoms with Crippen LogP contribution >= 0.6 is 11.3 Å². The molecule has 2 aromatic rings. The van der Waals surface area contributed by atoms with Gasteiger partial charge in [0, 0.05) is 25.6 Å². The van der Waals surface area contributed by atoms with Gasteiger partial charge < -0.3 is 14.7 Å². The van der Waals surface area contributed by atoms with Crippen LogP contribution in [0.5, 0.6) is 0 Å². The zero-order valence-electron chi connectivity index (χ0n) is 13.6. The summed E-state index contributed by atoms with van der Waals surface area (Å²) in [6.07, 6.45) is 0. The van der Waals surface area contributed by atoms with Crippen molar-refractivity contribution in [1.29, 1.82) is 0 Å². The number of amides is 1. The van der Waals surface area contributed by atoms with Crippen LogP contribution in [0.15, 0.2) is 35.7 Å². The fourth-order valence-electron chi connectivity index (χ4n) is 2.19. The zero-order chi connectivity index (χ0) is 17.5. The number of carbonyl (C=O) groups excluding carboxylic acids is 1. The number of aliphatic carboxylic acids is 1. The molecule has 1 aromatic heterocycles. The number of rotatable bonds is 8. The molecule has 0 saturated carbocycles. The molecule has 0 aliphatic carbocycles. The molecule has 0 aliphatic heterocycles. The Bertz CT molecular complexity index is 687. The molecule has 7 heteroatoms. The molecule has 1 atom stereocenters. The van der Waals surface area contributed by atoms with Gasteiger partial charge >= 0.3 is 5.97 Å². The summed E-state index contributed by atoms with van der Waals surface area (Å²) in [5, 5.41) is 11.6. The topological polar surface area (TPSA) is 79.7 Å². The summed E-state index contributed by atoms with van der Waals surface area (Å²) < 4.78 is 5.02. The lowest BCUT2D eigenvalue weighted by Crippen LogP contribution is -2.36. The van der Waals surface area contributed by atoms with E-state index in [4.69, 9.17) is 9.84 Å². The van der Waals surface area contributed by atoms with E-state index < -0.39 is 11.9 Å². The molecular weight excluding hydrogens is 328 g/mol. The highest BCUT2D eigenvalue weighted by atomic mass is 32.1. The van der Waals surface area contributed by atoms with Crippen LogP contribution in [-0.2, 0) is 22.7 Å². The third-order valence-electron chi connectivity index (χ3n) is 3.46. The van der Waals surface area contributed by atoms with Gasteiger partial charge in [0.15, 0.2) is 0 Å². The van der Waals surface area contributed by atoms with Crippen molar-refractivity contribution in [3.05, 3.63) is 52.0 Å². The molecule has 0 aliphatic rings. The minimum absolute atomic E-state index is 0.125. The van der Waals surface area contributed by atoms with Crippen LogP contribution in [-0.4, -0.2) is 40.5 Å². The van der Waals surface area contributed by atoms with Crippen molar-refractivity contribution in [1.82, 2.24) is 9.88 Å². The number of aromatic nitrogens is 1. The van der Waals surface area contributed by atoms with E-state index in [9.17, 15) is 9.59 Å². The van der Waals surface area contributed by atoms with Crippen molar-refractivity contribution in [3.63, 3.8) is 0 Å². The van der Waals surface area contributed by atoms with Gasteiger partial charge in [-0.15, -0.1) is 11.3 Å². The van der Waals surface area contributed by atoms with Gasteiger partial charge in [-0.05, 0) is 5.56 Å². The summed E-state index contributed by atoms with van der Waals surface area (Å²) in [6, 6.07) is 9.48. The van der Waals surface area contributed by atoms with Crippen LogP contribution in [0.25, 0.3) is 0 Å². The predicted octanol–water partition coefficient (Wildman–Crippen LogP) is 2.65. The second-order valence-corrected chi connectivity index (χ2v) is 6.41. The Hall–Kier alpha value is -2.25. The molecule has 1 aromatic carbocycles. The first-order valence-corrected chi connectivity index (χ1v) is 8.38. The number of methoxy groups -OCH3 is 1. The van der Waals surface area contributed by atoms with Crippen LogP contribution < -0.4 is 0 Å². The second-order valence-electron chi connectivity index (χ2n) is 5.47. The van der Waals surface area contributed by atoms with Crippen molar-refractivity contribution >= 4 is 23.2 Å². The molecule has 1 N–H and O–H groups in total. The Morgan fingerprint density at radius 3 is 2.67 bits per heavy atom. The summed E-state index contributed by atoms with van der Waals surface area (Å²) in [6.45, 7) is 2.40. The maximum absolute atomic E-state index is 12.8. The summed E-state index contributed by atoms with van der Waals surface area (Å²) in [7, 11) is 1.57. The number of nitrogens with zero attached hydrogens (tertiary/aromatic N) is 2. The molecular formula is C17H20N2O4S. The Balaban J connectivity index is 2.19. The van der Waals surface area contributed by atoms with E-state index in [0.717, 1.165) is 5.56 Å². The lowest BCUT2D eigenvalue weighted by atomic mass is 10.1. The van der Waals surface area contributed by atoms with Crippen LogP contribution in [0.2, 0.25) is 0 Å². The Morgan fingerprint density at radius 2 is 2.04 bits per heavy atom. The molecule has 0 fully saturated rings. The normalized spacial score (nSPS) is 11.9. The Labute approximate surface area is 144 Å². The minimum atomic E-state index is -0.931. The van der Waals surface area contributed by atoms with E-state index in [-0.39, 0.29) is 12.5 Å². The molecule has 0 spiro atoms. The SMILES string of the molecule is COCc1nc(C(=O)N(Cc2ccccc2)CC(C)C(=O)O)cs1. The zero-order valence-corrected chi connectivity index (χ0v) is 14.5. The Morgan fingerprint density at radius 1 is 1.33 bits per heavy atom. The molecule has 24 heavy (non-hydrogen) atoms. The molecule has 6 nitrogen and oxygen atoms in total. The lowest BCUT2D eigenvalue weighted by Gasteiger charge is -2.24. The third-order valence-corrected chi connectivity index (χ3v) is 4.28. The summed E-state index contributed by atoms with van der Waals surface area (Å²) in [4.78, 5) is 29.7. The molecule has 128 valence electrons. The number of ether oxygens (including phenoxy) is 1. The largest absolute Gasteiger partial charge is 0.481 e. The van der Waals surface area contributed by atoms with Crippen molar-refractivity contribution in [2.45, 2.75) is 20.1 Å². The van der Waals surface area contributed by atoms with E-state index in [1.807, 2.05) is 30.3 Å². The fraction of sp³-hybridized carbons (Fsp3) is 0.353. The number of carboxylic acids is 1. The number of hydrogen-bond donors (Lipinski definition) is 1. The van der Waals surface area contributed by atoms with E-state index in [0.29, 0.717) is 23.9 Å². The smallest absolute Gasteiger partial charge is 0.308 e. The minimum Gasteiger partial charge on any atom is -0.481 e. The van der Waals surface area contributed by atoms with E-state index in [1.165, 1.54) is 16.2 Å². The lowest BCUT2D eigenvalue weighted by molar-refractivity contribution is -0.141. The fourth-order valence-corrected chi connectivity index (χ4v) is 2.93. The number of carboxylic acid groups (broad SMARTS) is 1. The molecule has 1 amide bonds. The van der Waals surface area contributed by atoms with Gasteiger partial charge in [0.05, 0.1) is 12.5 Å². The number of benzene rings is 1. The van der Waals surface area contributed by atoms with Crippen molar-refractivity contribution in [3.8, 4) is 0 Å². The van der Waals surface area contributed by atoms with Gasteiger partial charge in [0.1, 0.15) is 10.7 Å². The van der Waals surface area contributed by atoms with Gasteiger partial charge in [-0.3, -0.25) is 9.59 Å². The van der Waals surface area contributed by atoms with Gasteiger partial charge in [0.25, 0.3) is 5.91 Å². The Kier molecular flexibility index (Phi) is 6.45. The standard InChI is InChI=1S/C17H20N2O4S/c1-12(17(21)22)8-19(9-13-6-4-3-5-7-13)16(20)14-11-24-15(18-14)10-23-2/h3-7,11-12H,8-10H2,1-2H3,(H,21,22). The number of hydrogen-bond acceptors (Lipinski definition) is 5. The first kappa shape index (κ1) is 18.1. The molecule has 0 radical (unpaired) electrons. The first-order valence-electron chi connectivity index (χ1n) is 7.50. The van der Waals surface area contributed by atoms with E-state index >= 15 is 0 Å². The summed E-state index contributed by atoms with van der Waals surface area (Å²) in [5.74, 6) is -1.86. The highest BCUT2D eigenvalue weighted by molar-refractivity contribution is 7.09. The molecule has 0 bridgehead atoms. The molecule has 1 unspecified atom stereocenters. The molecule has 1 heterocycles. The van der Waals surface area contributed by atoms with Gasteiger partial charge in [-0.2, -0.15) is 0 Å². The quantitative estimate of drug-likeness (QED) is 0.793. The van der Waals surface area contributed by atoms with Gasteiger partial charge in [0.2, 0.25) is 0 Å². The van der Waals surface area contributed by atoms with E-state index in [1.54, 1.807) is 19.4 Å². The van der Waals surface area contributed by atoms with Crippen molar-refractivity contribution in [2.24, 2.45) is 5.92 Å². The highest BCUT2D eigenvalue weighted by Gasteiger charge is 2.23. The number of thiazole rings is 1. The van der Waals surface area contributed by atoms with Crippen LogP contribution in [0.3, 0.4) is 0 Å². The molecule has 2 rings (SSSR count). The van der Waals surface area contributed by atoms with Gasteiger partial charge in [-0.1, -0.05) is 37.3 Å². The van der Waals surface area contributed by atoms with Crippen molar-refractivity contribution in [2.75, 3.05) is 13.7 Å². The summed E-state index contributed by atoms with van der Waals surface area (Å²) in [5.41, 5.74) is 1.26. The average molecular weight is 348 g/mol. The van der Waals surface area contributed by atoms with Crippen LogP contribution in [0.4, 0.5) is 0 Å².